The van der Waals surface area contributed by atoms with Crippen LogP contribution in [0.1, 0.15) is 38.7 Å². The average Bonchev–Trinajstić information content (AvgIpc) is 2.44. The zero-order valence-corrected chi connectivity index (χ0v) is 14.3. The van der Waals surface area contributed by atoms with Gasteiger partial charge in [0.2, 0.25) is 0 Å². The normalized spacial score (nSPS) is 20.7. The third-order valence-electron chi connectivity index (χ3n) is 3.72. The summed E-state index contributed by atoms with van der Waals surface area (Å²) in [6, 6.07) is 3.88. The monoisotopic (exact) mass is 352 g/mol. The fourth-order valence-electron chi connectivity index (χ4n) is 2.65. The molecule has 0 aromatic heterocycles. The van der Waals surface area contributed by atoms with Crippen LogP contribution in [0.2, 0.25) is 0 Å². The molecule has 1 aliphatic rings. The van der Waals surface area contributed by atoms with Crippen molar-refractivity contribution in [3.63, 3.8) is 0 Å². The maximum absolute atomic E-state index is 12.2. The highest BCUT2D eigenvalue weighted by Gasteiger charge is 2.22. The van der Waals surface area contributed by atoms with Gasteiger partial charge >= 0.3 is 0 Å². The van der Waals surface area contributed by atoms with Crippen LogP contribution >= 0.6 is 15.9 Å². The number of methoxy groups -OCH3 is 1. The number of carbonyl (C=O) groups excluding carboxylic acids is 1. The minimum absolute atomic E-state index is 0.137. The van der Waals surface area contributed by atoms with Crippen LogP contribution < -0.4 is 9.47 Å². The first-order chi connectivity index (χ1) is 10.1. The molecule has 0 heterocycles. The third-order valence-corrected chi connectivity index (χ3v) is 4.31. The number of Topliss-reactive ketones (excluding diaryl/α,β-unsaturated/α-hetero) is 1. The Bertz CT molecular complexity index is 563. The first-order valence-electron chi connectivity index (χ1n) is 7.32. The summed E-state index contributed by atoms with van der Waals surface area (Å²) >= 11 is 3.50. The SMILES string of the molecule is CCOc1cc(/C=C2\CCC[C@H](C)C2=O)cc(Br)c1OC. The molecule has 0 aliphatic heterocycles. The second-order valence-electron chi connectivity index (χ2n) is 5.29. The summed E-state index contributed by atoms with van der Waals surface area (Å²) in [7, 11) is 1.62. The number of hydrogen-bond donors (Lipinski definition) is 0. The molecule has 1 aromatic rings. The van der Waals surface area contributed by atoms with Crippen LogP contribution in [0.5, 0.6) is 11.5 Å². The quantitative estimate of drug-likeness (QED) is 0.741. The minimum atomic E-state index is 0.137. The number of halogens is 1. The highest BCUT2D eigenvalue weighted by Crippen LogP contribution is 2.37. The molecule has 1 aromatic carbocycles. The van der Waals surface area contributed by atoms with Gasteiger partial charge in [-0.2, -0.15) is 0 Å². The highest BCUT2D eigenvalue weighted by atomic mass is 79.9. The van der Waals surface area contributed by atoms with Gasteiger partial charge in [-0.3, -0.25) is 4.79 Å². The zero-order valence-electron chi connectivity index (χ0n) is 12.7. The molecule has 21 heavy (non-hydrogen) atoms. The van der Waals surface area contributed by atoms with Gasteiger partial charge in [0, 0.05) is 5.92 Å². The lowest BCUT2D eigenvalue weighted by Gasteiger charge is -2.19. The van der Waals surface area contributed by atoms with Crippen molar-refractivity contribution in [3.8, 4) is 11.5 Å². The molecule has 0 unspecified atom stereocenters. The van der Waals surface area contributed by atoms with Crippen molar-refractivity contribution in [3.05, 3.63) is 27.7 Å². The smallest absolute Gasteiger partial charge is 0.174 e. The zero-order chi connectivity index (χ0) is 15.4. The molecule has 4 heteroatoms. The third kappa shape index (κ3) is 3.67. The first-order valence-corrected chi connectivity index (χ1v) is 8.11. The van der Waals surface area contributed by atoms with E-state index in [0.29, 0.717) is 18.1 Å². The maximum atomic E-state index is 12.2. The first kappa shape index (κ1) is 16.1. The van der Waals surface area contributed by atoms with E-state index in [1.807, 2.05) is 32.1 Å². The number of hydrogen-bond acceptors (Lipinski definition) is 3. The van der Waals surface area contributed by atoms with Crippen LogP contribution in [0.3, 0.4) is 0 Å². The molecule has 0 N–H and O–H groups in total. The summed E-state index contributed by atoms with van der Waals surface area (Å²) in [5.74, 6) is 1.78. The van der Waals surface area contributed by atoms with Crippen LogP contribution in [-0.2, 0) is 4.79 Å². The van der Waals surface area contributed by atoms with Gasteiger partial charge in [0.15, 0.2) is 17.3 Å². The Hall–Kier alpha value is -1.29. The summed E-state index contributed by atoms with van der Waals surface area (Å²) in [5.41, 5.74) is 1.87. The summed E-state index contributed by atoms with van der Waals surface area (Å²) in [6.07, 6.45) is 4.91. The lowest BCUT2D eigenvalue weighted by molar-refractivity contribution is -0.119. The summed E-state index contributed by atoms with van der Waals surface area (Å²) < 4.78 is 11.8. The Balaban J connectivity index is 2.38. The van der Waals surface area contributed by atoms with E-state index in [2.05, 4.69) is 15.9 Å². The number of ketones is 1. The second-order valence-corrected chi connectivity index (χ2v) is 6.15. The predicted octanol–water partition coefficient (Wildman–Crippen LogP) is 4.63. The van der Waals surface area contributed by atoms with E-state index in [1.165, 1.54) is 0 Å². The summed E-state index contributed by atoms with van der Waals surface area (Å²) in [4.78, 5) is 12.2. The van der Waals surface area contributed by atoms with Crippen LogP contribution in [0.4, 0.5) is 0 Å². The van der Waals surface area contributed by atoms with E-state index in [1.54, 1.807) is 7.11 Å². The molecule has 2 rings (SSSR count). The van der Waals surface area contributed by atoms with E-state index < -0.39 is 0 Å². The molecule has 1 aliphatic carbocycles. The van der Waals surface area contributed by atoms with Crippen molar-refractivity contribution in [1.29, 1.82) is 0 Å². The fourth-order valence-corrected chi connectivity index (χ4v) is 3.27. The van der Waals surface area contributed by atoms with Gasteiger partial charge in [0.25, 0.3) is 0 Å². The highest BCUT2D eigenvalue weighted by molar-refractivity contribution is 9.10. The van der Waals surface area contributed by atoms with Gasteiger partial charge in [-0.05, 0) is 71.5 Å². The van der Waals surface area contributed by atoms with Crippen molar-refractivity contribution in [2.75, 3.05) is 13.7 Å². The summed E-state index contributed by atoms with van der Waals surface area (Å²) in [5, 5.41) is 0. The van der Waals surface area contributed by atoms with Crippen molar-refractivity contribution in [2.45, 2.75) is 33.1 Å². The van der Waals surface area contributed by atoms with E-state index in [0.717, 1.165) is 34.9 Å². The molecular weight excluding hydrogens is 332 g/mol. The minimum Gasteiger partial charge on any atom is -0.492 e. The van der Waals surface area contributed by atoms with Gasteiger partial charge in [0.05, 0.1) is 18.2 Å². The van der Waals surface area contributed by atoms with Crippen molar-refractivity contribution < 1.29 is 14.3 Å². The Morgan fingerprint density at radius 1 is 1.43 bits per heavy atom. The standard InChI is InChI=1S/C17H21BrO3/c1-4-21-15-10-12(9-14(18)17(15)20-3)8-13-7-5-6-11(2)16(13)19/h8-11H,4-7H2,1-3H3/b13-8+/t11-/m0/s1. The Labute approximate surface area is 134 Å². The van der Waals surface area contributed by atoms with E-state index >= 15 is 0 Å². The van der Waals surface area contributed by atoms with Crippen LogP contribution in [-0.4, -0.2) is 19.5 Å². The fraction of sp³-hybridized carbons (Fsp3) is 0.471. The lowest BCUT2D eigenvalue weighted by atomic mass is 9.84. The molecule has 114 valence electrons. The largest absolute Gasteiger partial charge is 0.492 e. The Morgan fingerprint density at radius 3 is 2.86 bits per heavy atom. The molecule has 3 nitrogen and oxygen atoms in total. The van der Waals surface area contributed by atoms with Crippen LogP contribution in [0, 0.1) is 5.92 Å². The molecule has 1 atom stereocenters. The Morgan fingerprint density at radius 2 is 2.19 bits per heavy atom. The lowest BCUT2D eigenvalue weighted by Crippen LogP contribution is -2.18. The predicted molar refractivity (Wildman–Crippen MR) is 87.9 cm³/mol. The molecule has 0 radical (unpaired) electrons. The molecule has 0 spiro atoms. The second kappa shape index (κ2) is 7.12. The summed E-state index contributed by atoms with van der Waals surface area (Å²) in [6.45, 7) is 4.51. The average molecular weight is 353 g/mol. The van der Waals surface area contributed by atoms with Gasteiger partial charge in [-0.15, -0.1) is 0 Å². The van der Waals surface area contributed by atoms with E-state index in [4.69, 9.17) is 9.47 Å². The number of ether oxygens (including phenoxy) is 2. The van der Waals surface area contributed by atoms with Gasteiger partial charge in [0.1, 0.15) is 0 Å². The molecule has 0 amide bonds. The topological polar surface area (TPSA) is 35.5 Å². The van der Waals surface area contributed by atoms with E-state index in [-0.39, 0.29) is 11.7 Å². The van der Waals surface area contributed by atoms with Crippen molar-refractivity contribution >= 4 is 27.8 Å². The van der Waals surface area contributed by atoms with Crippen LogP contribution in [0.25, 0.3) is 6.08 Å². The van der Waals surface area contributed by atoms with Gasteiger partial charge in [-0.25, -0.2) is 0 Å². The number of allylic oxidation sites excluding steroid dienone is 1. The molecule has 0 bridgehead atoms. The molecule has 1 fully saturated rings. The maximum Gasteiger partial charge on any atom is 0.174 e. The van der Waals surface area contributed by atoms with Crippen molar-refractivity contribution in [2.24, 2.45) is 5.92 Å². The Kier molecular flexibility index (Phi) is 5.45. The number of carbonyl (C=O) groups is 1. The van der Waals surface area contributed by atoms with Crippen LogP contribution in [0.15, 0.2) is 22.2 Å². The number of benzene rings is 1. The molecule has 0 saturated heterocycles. The van der Waals surface area contributed by atoms with Gasteiger partial charge in [-0.1, -0.05) is 6.92 Å². The van der Waals surface area contributed by atoms with E-state index in [9.17, 15) is 4.79 Å². The van der Waals surface area contributed by atoms with Gasteiger partial charge < -0.3 is 9.47 Å². The molecular formula is C17H21BrO3. The number of rotatable bonds is 4. The molecule has 1 saturated carbocycles. The van der Waals surface area contributed by atoms with Crippen molar-refractivity contribution in [1.82, 2.24) is 0 Å².